The van der Waals surface area contributed by atoms with Gasteiger partial charge in [0.25, 0.3) is 11.8 Å². The minimum absolute atomic E-state index is 0.209. The first-order valence-corrected chi connectivity index (χ1v) is 10.1. The van der Waals surface area contributed by atoms with Crippen LogP contribution in [0.2, 0.25) is 0 Å². The minimum atomic E-state index is -0.875. The van der Waals surface area contributed by atoms with Crippen LogP contribution in [0.4, 0.5) is 0 Å². The molecular weight excluding hydrogens is 376 g/mol. The molecule has 0 saturated heterocycles. The van der Waals surface area contributed by atoms with Gasteiger partial charge >= 0.3 is 5.97 Å². The molecule has 2 aliphatic rings. The van der Waals surface area contributed by atoms with E-state index in [-0.39, 0.29) is 30.4 Å². The quantitative estimate of drug-likeness (QED) is 0.585. The fraction of sp³-hybridized carbons (Fsp3) is 0.381. The average Bonchev–Trinajstić information content (AvgIpc) is 3.27. The summed E-state index contributed by atoms with van der Waals surface area (Å²) in [6.45, 7) is 4.51. The van der Waals surface area contributed by atoms with Crippen molar-refractivity contribution in [3.05, 3.63) is 57.3 Å². The Morgan fingerprint density at radius 2 is 1.82 bits per heavy atom. The summed E-state index contributed by atoms with van der Waals surface area (Å²) in [4.78, 5) is 42.7. The number of methoxy groups -OCH3 is 1. The Kier molecular flexibility index (Phi) is 4.59. The number of fused-ring (bicyclic) bond motifs is 2. The summed E-state index contributed by atoms with van der Waals surface area (Å²) >= 11 is 1.60. The van der Waals surface area contributed by atoms with Gasteiger partial charge in [-0.25, -0.2) is 0 Å². The molecule has 0 saturated carbocycles. The van der Waals surface area contributed by atoms with Crippen molar-refractivity contribution in [1.82, 2.24) is 9.80 Å². The Labute approximate surface area is 167 Å². The van der Waals surface area contributed by atoms with Gasteiger partial charge in [0.1, 0.15) is 5.54 Å². The van der Waals surface area contributed by atoms with E-state index in [0.29, 0.717) is 17.7 Å². The van der Waals surface area contributed by atoms with Crippen LogP contribution in [0.5, 0.6) is 0 Å². The molecule has 2 amide bonds. The SMILES string of the molecule is COC(=O)C(C)(C)N1CCc2ccsc2C1CN1C(=O)c2ccccc2C1=O. The topological polar surface area (TPSA) is 66.9 Å². The lowest BCUT2D eigenvalue weighted by molar-refractivity contribution is -0.155. The molecule has 0 bridgehead atoms. The van der Waals surface area contributed by atoms with Crippen LogP contribution >= 0.6 is 11.3 Å². The zero-order chi connectivity index (χ0) is 20.1. The Bertz CT molecular complexity index is 930. The minimum Gasteiger partial charge on any atom is -0.468 e. The lowest BCUT2D eigenvalue weighted by Gasteiger charge is -2.45. The van der Waals surface area contributed by atoms with Crippen LogP contribution in [0.25, 0.3) is 0 Å². The number of carbonyl (C=O) groups is 3. The number of carbonyl (C=O) groups excluding carboxylic acids is 3. The third-order valence-corrected chi connectivity index (χ3v) is 6.78. The number of hydrogen-bond acceptors (Lipinski definition) is 6. The van der Waals surface area contributed by atoms with E-state index < -0.39 is 5.54 Å². The van der Waals surface area contributed by atoms with Crippen molar-refractivity contribution in [2.75, 3.05) is 20.2 Å². The predicted octanol–water partition coefficient (Wildman–Crippen LogP) is 2.90. The van der Waals surface area contributed by atoms with Gasteiger partial charge in [0.2, 0.25) is 0 Å². The number of hydrogen-bond donors (Lipinski definition) is 0. The summed E-state index contributed by atoms with van der Waals surface area (Å²) in [5.74, 6) is -0.889. The first-order chi connectivity index (χ1) is 13.4. The molecule has 6 nitrogen and oxygen atoms in total. The van der Waals surface area contributed by atoms with E-state index in [1.165, 1.54) is 17.6 Å². The standard InChI is InChI=1S/C21H22N2O4S/c1-21(2,20(26)27-3)23-10-8-13-9-11-28-17(13)16(23)12-22-18(24)14-6-4-5-7-15(14)19(22)25/h4-7,9,11,16H,8,10,12H2,1-3H3. The van der Waals surface area contributed by atoms with E-state index >= 15 is 0 Å². The largest absolute Gasteiger partial charge is 0.468 e. The summed E-state index contributed by atoms with van der Waals surface area (Å²) in [5.41, 5.74) is 1.21. The van der Waals surface area contributed by atoms with Gasteiger partial charge in [0.05, 0.1) is 24.3 Å². The summed E-state index contributed by atoms with van der Waals surface area (Å²) in [5, 5.41) is 2.02. The summed E-state index contributed by atoms with van der Waals surface area (Å²) in [6, 6.07) is 8.72. The molecule has 2 aliphatic heterocycles. The Morgan fingerprint density at radius 3 is 2.43 bits per heavy atom. The average molecular weight is 398 g/mol. The number of amides is 2. The van der Waals surface area contributed by atoms with Gasteiger partial charge in [-0.1, -0.05) is 12.1 Å². The van der Waals surface area contributed by atoms with Gasteiger partial charge in [-0.2, -0.15) is 0 Å². The molecule has 1 atom stereocenters. The Morgan fingerprint density at radius 1 is 1.18 bits per heavy atom. The second-order valence-corrected chi connectivity index (χ2v) is 8.53. The number of nitrogens with zero attached hydrogens (tertiary/aromatic N) is 2. The third kappa shape index (κ3) is 2.77. The zero-order valence-electron chi connectivity index (χ0n) is 16.1. The van der Waals surface area contributed by atoms with Crippen LogP contribution in [0.15, 0.2) is 35.7 Å². The van der Waals surface area contributed by atoms with Crippen molar-refractivity contribution in [2.45, 2.75) is 31.8 Å². The van der Waals surface area contributed by atoms with Crippen molar-refractivity contribution in [1.29, 1.82) is 0 Å². The van der Waals surface area contributed by atoms with Crippen LogP contribution in [0.1, 0.15) is 51.0 Å². The first kappa shape index (κ1) is 18.8. The highest BCUT2D eigenvalue weighted by Gasteiger charge is 2.46. The van der Waals surface area contributed by atoms with Gasteiger partial charge in [-0.05, 0) is 49.4 Å². The zero-order valence-corrected chi connectivity index (χ0v) is 16.9. The Hall–Kier alpha value is -2.51. The summed E-state index contributed by atoms with van der Waals surface area (Å²) in [7, 11) is 1.38. The molecule has 28 heavy (non-hydrogen) atoms. The Balaban J connectivity index is 1.71. The van der Waals surface area contributed by atoms with Gasteiger partial charge < -0.3 is 4.74 Å². The van der Waals surface area contributed by atoms with E-state index in [4.69, 9.17) is 4.74 Å². The van der Waals surface area contributed by atoms with Gasteiger partial charge in [-0.15, -0.1) is 11.3 Å². The van der Waals surface area contributed by atoms with Crippen molar-refractivity contribution in [3.63, 3.8) is 0 Å². The van der Waals surface area contributed by atoms with Crippen LogP contribution in [-0.2, 0) is 16.0 Å². The monoisotopic (exact) mass is 398 g/mol. The fourth-order valence-electron chi connectivity index (χ4n) is 4.18. The smallest absolute Gasteiger partial charge is 0.325 e. The van der Waals surface area contributed by atoms with Crippen LogP contribution in [-0.4, -0.2) is 53.3 Å². The number of benzene rings is 1. The molecule has 0 spiro atoms. The second-order valence-electron chi connectivity index (χ2n) is 7.59. The highest BCUT2D eigenvalue weighted by atomic mass is 32.1. The van der Waals surface area contributed by atoms with Crippen LogP contribution in [0, 0.1) is 0 Å². The number of thiophene rings is 1. The van der Waals surface area contributed by atoms with E-state index in [0.717, 1.165) is 11.3 Å². The summed E-state index contributed by atoms with van der Waals surface area (Å²) < 4.78 is 5.02. The predicted molar refractivity (Wildman–Crippen MR) is 105 cm³/mol. The molecule has 7 heteroatoms. The lowest BCUT2D eigenvalue weighted by atomic mass is 9.93. The van der Waals surface area contributed by atoms with Gasteiger partial charge in [0, 0.05) is 18.0 Å². The third-order valence-electron chi connectivity index (χ3n) is 5.72. The van der Waals surface area contributed by atoms with Crippen molar-refractivity contribution in [2.24, 2.45) is 0 Å². The maximum absolute atomic E-state index is 12.9. The van der Waals surface area contributed by atoms with E-state index in [1.54, 1.807) is 35.6 Å². The van der Waals surface area contributed by atoms with Crippen LogP contribution in [0.3, 0.4) is 0 Å². The first-order valence-electron chi connectivity index (χ1n) is 9.23. The molecule has 0 aliphatic carbocycles. The number of esters is 1. The molecule has 4 rings (SSSR count). The number of rotatable bonds is 4. The fourth-order valence-corrected chi connectivity index (χ4v) is 5.24. The molecule has 0 radical (unpaired) electrons. The molecule has 1 unspecified atom stereocenters. The summed E-state index contributed by atoms with van der Waals surface area (Å²) in [6.07, 6.45) is 0.817. The molecule has 146 valence electrons. The molecule has 0 fully saturated rings. The molecule has 3 heterocycles. The van der Waals surface area contributed by atoms with Crippen molar-refractivity contribution < 1.29 is 19.1 Å². The molecule has 2 aromatic rings. The lowest BCUT2D eigenvalue weighted by Crippen LogP contribution is -2.56. The van der Waals surface area contributed by atoms with E-state index in [9.17, 15) is 14.4 Å². The van der Waals surface area contributed by atoms with E-state index in [2.05, 4.69) is 11.0 Å². The molecule has 0 N–H and O–H groups in total. The van der Waals surface area contributed by atoms with Gasteiger partial charge in [0.15, 0.2) is 0 Å². The maximum atomic E-state index is 12.9. The highest BCUT2D eigenvalue weighted by molar-refractivity contribution is 7.10. The van der Waals surface area contributed by atoms with Crippen LogP contribution < -0.4 is 0 Å². The van der Waals surface area contributed by atoms with Crippen molar-refractivity contribution in [3.8, 4) is 0 Å². The highest BCUT2D eigenvalue weighted by Crippen LogP contribution is 2.40. The normalized spacial score (nSPS) is 19.5. The number of ether oxygens (including phenoxy) is 1. The van der Waals surface area contributed by atoms with E-state index in [1.807, 2.05) is 19.2 Å². The number of imide groups is 1. The maximum Gasteiger partial charge on any atom is 0.325 e. The van der Waals surface area contributed by atoms with Crippen molar-refractivity contribution >= 4 is 29.1 Å². The van der Waals surface area contributed by atoms with Gasteiger partial charge in [-0.3, -0.25) is 24.2 Å². The molecule has 1 aromatic heterocycles. The second kappa shape index (κ2) is 6.83. The molecular formula is C21H22N2O4S. The molecule has 1 aromatic carbocycles.